The number of rotatable bonds is 17. The van der Waals surface area contributed by atoms with Gasteiger partial charge in [-0.05, 0) is 30.2 Å². The van der Waals surface area contributed by atoms with E-state index in [4.69, 9.17) is 19.9 Å². The van der Waals surface area contributed by atoms with Crippen LogP contribution in [0.15, 0.2) is 30.3 Å². The molecule has 0 radical (unpaired) electrons. The Bertz CT molecular complexity index is 1270. The van der Waals surface area contributed by atoms with Gasteiger partial charge in [0.1, 0.15) is 6.04 Å². The Kier molecular flexibility index (Phi) is 18.7. The summed E-state index contributed by atoms with van der Waals surface area (Å²) in [5.41, 5.74) is 6.49. The van der Waals surface area contributed by atoms with E-state index in [2.05, 4.69) is 5.32 Å². The molecule has 3 atom stereocenters. The third kappa shape index (κ3) is 15.5. The first-order valence-electron chi connectivity index (χ1n) is 19.8. The van der Waals surface area contributed by atoms with Gasteiger partial charge in [0.25, 0.3) is 0 Å². The summed E-state index contributed by atoms with van der Waals surface area (Å²) in [6, 6.07) is 8.58. The van der Waals surface area contributed by atoms with Gasteiger partial charge in [-0.15, -0.1) is 0 Å². The standard InChI is InChI=1S/C25H37N3O5.C15H25NO4/c26-24(30)22(18-33-17-20-9-5-2-6-10-20)27-25(31)21(15-19-7-3-1-4-8-19)23(29)16-28-11-13-32-14-12-28;17-14(16-6-8-20-9-7-16)11-13(15(18)19)10-12-4-2-1-3-5-12/h2,5-6,9-10,19,21-22H,1,3-4,7-8,11-18H2,(H2,26,30)(H,27,31);12-13H,1-11H2,(H,18,19)/t;13-/m.1/s1. The number of carbonyl (C=O) groups is 5. The Hall–Kier alpha value is -3.39. The fourth-order valence-corrected chi connectivity index (χ4v) is 7.82. The van der Waals surface area contributed by atoms with Crippen LogP contribution in [0.5, 0.6) is 0 Å². The molecule has 2 unspecified atom stereocenters. The van der Waals surface area contributed by atoms with Crippen molar-refractivity contribution in [1.82, 2.24) is 15.1 Å². The van der Waals surface area contributed by atoms with Gasteiger partial charge in [-0.25, -0.2) is 0 Å². The molecule has 1 aromatic rings. The predicted octanol–water partition coefficient (Wildman–Crippen LogP) is 3.57. The van der Waals surface area contributed by atoms with Gasteiger partial charge in [-0.2, -0.15) is 0 Å². The number of nitrogens with one attached hydrogen (secondary N) is 1. The Morgan fingerprint density at radius 3 is 1.94 bits per heavy atom. The van der Waals surface area contributed by atoms with Crippen molar-refractivity contribution in [3.63, 3.8) is 0 Å². The molecule has 296 valence electrons. The maximum absolute atomic E-state index is 13.2. The summed E-state index contributed by atoms with van der Waals surface area (Å²) >= 11 is 0. The van der Waals surface area contributed by atoms with Gasteiger partial charge in [0.2, 0.25) is 17.7 Å². The molecule has 0 spiro atoms. The Morgan fingerprint density at radius 2 is 1.38 bits per heavy atom. The van der Waals surface area contributed by atoms with E-state index in [9.17, 15) is 29.1 Å². The molecule has 5 rings (SSSR count). The zero-order chi connectivity index (χ0) is 37.8. The lowest BCUT2D eigenvalue weighted by Crippen LogP contribution is -2.52. The summed E-state index contributed by atoms with van der Waals surface area (Å²) in [5, 5.41) is 12.1. The van der Waals surface area contributed by atoms with Crippen LogP contribution in [0.2, 0.25) is 0 Å². The number of carboxylic acids is 1. The van der Waals surface area contributed by atoms with E-state index in [1.54, 1.807) is 4.90 Å². The number of hydrogen-bond acceptors (Lipinski definition) is 9. The summed E-state index contributed by atoms with van der Waals surface area (Å²) in [7, 11) is 0. The number of nitrogens with zero attached hydrogens (tertiary/aromatic N) is 2. The minimum absolute atomic E-state index is 0.0310. The van der Waals surface area contributed by atoms with Crippen molar-refractivity contribution in [2.24, 2.45) is 29.4 Å². The van der Waals surface area contributed by atoms with Crippen LogP contribution in [-0.4, -0.2) is 116 Å². The Morgan fingerprint density at radius 1 is 0.811 bits per heavy atom. The van der Waals surface area contributed by atoms with Gasteiger partial charge < -0.3 is 35.3 Å². The Balaban J connectivity index is 0.000000267. The van der Waals surface area contributed by atoms with E-state index in [1.165, 1.54) is 25.7 Å². The molecule has 2 saturated heterocycles. The lowest BCUT2D eigenvalue weighted by Gasteiger charge is -2.30. The minimum Gasteiger partial charge on any atom is -0.481 e. The average molecular weight is 743 g/mol. The number of primary amides is 1. The number of Topliss-reactive ketones (excluding diaryl/α,β-unsaturated/α-hetero) is 1. The van der Waals surface area contributed by atoms with Crippen LogP contribution < -0.4 is 11.1 Å². The zero-order valence-electron chi connectivity index (χ0n) is 31.4. The molecule has 4 N–H and O–H groups in total. The number of ketones is 1. The van der Waals surface area contributed by atoms with Crippen molar-refractivity contribution in [2.45, 2.75) is 96.1 Å². The highest BCUT2D eigenvalue weighted by Gasteiger charge is 2.34. The van der Waals surface area contributed by atoms with Crippen molar-refractivity contribution in [3.8, 4) is 0 Å². The highest BCUT2D eigenvalue weighted by atomic mass is 16.5. The van der Waals surface area contributed by atoms with Gasteiger partial charge in [0.05, 0.1) is 58.0 Å². The molecule has 13 nitrogen and oxygen atoms in total. The zero-order valence-corrected chi connectivity index (χ0v) is 31.4. The fraction of sp³-hybridized carbons (Fsp3) is 0.725. The van der Waals surface area contributed by atoms with Gasteiger partial charge >= 0.3 is 5.97 Å². The van der Waals surface area contributed by atoms with Gasteiger partial charge in [-0.1, -0.05) is 94.5 Å². The molecule has 13 heteroatoms. The lowest BCUT2D eigenvalue weighted by molar-refractivity contribution is -0.148. The molecule has 4 fully saturated rings. The second-order valence-electron chi connectivity index (χ2n) is 15.1. The molecule has 2 aliphatic heterocycles. The summed E-state index contributed by atoms with van der Waals surface area (Å²) in [6.45, 7) is 5.35. The predicted molar refractivity (Wildman–Crippen MR) is 199 cm³/mol. The highest BCUT2D eigenvalue weighted by molar-refractivity contribution is 6.03. The van der Waals surface area contributed by atoms with E-state index >= 15 is 0 Å². The molecule has 2 saturated carbocycles. The molecular weight excluding hydrogens is 680 g/mol. The van der Waals surface area contributed by atoms with Crippen LogP contribution >= 0.6 is 0 Å². The lowest BCUT2D eigenvalue weighted by atomic mass is 9.81. The van der Waals surface area contributed by atoms with Gasteiger partial charge in [0, 0.05) is 32.6 Å². The highest BCUT2D eigenvalue weighted by Crippen LogP contribution is 2.31. The number of carbonyl (C=O) groups excluding carboxylic acids is 4. The smallest absolute Gasteiger partial charge is 0.307 e. The molecule has 0 bridgehead atoms. The third-order valence-electron chi connectivity index (χ3n) is 11.0. The number of ether oxygens (including phenoxy) is 3. The number of nitrogens with two attached hydrogens (primary N) is 1. The van der Waals surface area contributed by atoms with E-state index in [1.807, 2.05) is 35.2 Å². The van der Waals surface area contributed by atoms with Crippen molar-refractivity contribution in [2.75, 3.05) is 65.8 Å². The summed E-state index contributed by atoms with van der Waals surface area (Å²) in [4.78, 5) is 65.7. The molecule has 53 heavy (non-hydrogen) atoms. The number of hydrogen-bond donors (Lipinski definition) is 3. The summed E-state index contributed by atoms with van der Waals surface area (Å²) < 4.78 is 16.2. The molecule has 2 heterocycles. The van der Waals surface area contributed by atoms with Crippen LogP contribution in [0.4, 0.5) is 0 Å². The van der Waals surface area contributed by atoms with Crippen LogP contribution in [0.25, 0.3) is 0 Å². The second-order valence-corrected chi connectivity index (χ2v) is 15.1. The van der Waals surface area contributed by atoms with Gasteiger partial charge in [0.15, 0.2) is 5.78 Å². The van der Waals surface area contributed by atoms with E-state index in [0.717, 1.165) is 44.1 Å². The third-order valence-corrected chi connectivity index (χ3v) is 11.0. The maximum Gasteiger partial charge on any atom is 0.307 e. The number of amides is 3. The number of aliphatic carboxylic acids is 1. The molecule has 3 amide bonds. The van der Waals surface area contributed by atoms with Crippen molar-refractivity contribution in [3.05, 3.63) is 35.9 Å². The topological polar surface area (TPSA) is 178 Å². The first-order chi connectivity index (χ1) is 25.7. The Labute approximate surface area is 314 Å². The molecule has 4 aliphatic rings. The number of morpholine rings is 2. The molecular formula is C40H62N4O9. The largest absolute Gasteiger partial charge is 0.481 e. The first kappa shape index (κ1) is 42.4. The first-order valence-corrected chi connectivity index (χ1v) is 19.8. The van der Waals surface area contributed by atoms with Crippen LogP contribution in [0.3, 0.4) is 0 Å². The van der Waals surface area contributed by atoms with Crippen LogP contribution in [0, 0.1) is 23.7 Å². The number of carboxylic acid groups (broad SMARTS) is 1. The van der Waals surface area contributed by atoms with Crippen molar-refractivity contribution in [1.29, 1.82) is 0 Å². The van der Waals surface area contributed by atoms with E-state index in [-0.39, 0.29) is 31.3 Å². The quantitative estimate of drug-likeness (QED) is 0.200. The average Bonchev–Trinajstić information content (AvgIpc) is 3.18. The second kappa shape index (κ2) is 23.4. The monoisotopic (exact) mass is 742 g/mol. The van der Waals surface area contributed by atoms with Gasteiger partial charge in [-0.3, -0.25) is 28.9 Å². The maximum atomic E-state index is 13.2. The van der Waals surface area contributed by atoms with Crippen molar-refractivity contribution >= 4 is 29.5 Å². The van der Waals surface area contributed by atoms with Crippen molar-refractivity contribution < 1.29 is 43.3 Å². The summed E-state index contributed by atoms with van der Waals surface area (Å²) in [6.07, 6.45) is 12.8. The molecule has 1 aromatic carbocycles. The SMILES string of the molecule is NC(=O)C(COCc1ccccc1)NC(=O)C(CC1CCCCC1)C(=O)CN1CCOCC1.O=C(O)[C@@H](CC(=O)N1CCOCC1)CC1CCCCC1. The normalized spacial score (nSPS) is 20.6. The number of benzene rings is 1. The molecule has 0 aromatic heterocycles. The fourth-order valence-electron chi connectivity index (χ4n) is 7.82. The van der Waals surface area contributed by atoms with Crippen LogP contribution in [0.1, 0.15) is 89.0 Å². The minimum atomic E-state index is -0.980. The molecule has 2 aliphatic carbocycles. The summed E-state index contributed by atoms with van der Waals surface area (Å²) in [5.74, 6) is -2.52. The van der Waals surface area contributed by atoms with Crippen LogP contribution in [-0.2, 0) is 44.8 Å². The van der Waals surface area contributed by atoms with E-state index in [0.29, 0.717) is 83.9 Å². The van der Waals surface area contributed by atoms with E-state index < -0.39 is 35.7 Å².